The fraction of sp³-hybridized carbons (Fsp3) is 0.667. The summed E-state index contributed by atoms with van der Waals surface area (Å²) in [5, 5.41) is 3.10. The van der Waals surface area contributed by atoms with Gasteiger partial charge in [-0.05, 0) is 53.4 Å². The molecule has 4 heteroatoms. The van der Waals surface area contributed by atoms with Gasteiger partial charge in [0.05, 0.1) is 0 Å². The fourth-order valence-electron chi connectivity index (χ4n) is 2.04. The minimum absolute atomic E-state index is 0.000430. The van der Waals surface area contributed by atoms with Crippen LogP contribution in [0.4, 0.5) is 0 Å². The molecule has 0 bridgehead atoms. The van der Waals surface area contributed by atoms with Gasteiger partial charge in [-0.2, -0.15) is 0 Å². The molecule has 1 aliphatic rings. The van der Waals surface area contributed by atoms with Crippen LogP contribution >= 0.6 is 11.3 Å². The third kappa shape index (κ3) is 3.37. The number of carbonyl (C=O) groups excluding carboxylic acids is 1. The molecule has 0 spiro atoms. The Bertz CT molecular complexity index is 464. The molecular formula is C15H24N2OS. The number of rotatable bonds is 5. The summed E-state index contributed by atoms with van der Waals surface area (Å²) < 4.78 is 0. The molecule has 0 aliphatic heterocycles. The molecule has 3 nitrogen and oxygen atoms in total. The lowest BCUT2D eigenvalue weighted by Gasteiger charge is -2.32. The minimum atomic E-state index is -0.000430. The topological polar surface area (TPSA) is 32.3 Å². The molecule has 0 aromatic carbocycles. The summed E-state index contributed by atoms with van der Waals surface area (Å²) in [5.41, 5.74) is -0.000430. The number of thiophene rings is 1. The van der Waals surface area contributed by atoms with Gasteiger partial charge in [0.25, 0.3) is 0 Å². The van der Waals surface area contributed by atoms with E-state index in [2.05, 4.69) is 43.1 Å². The average Bonchev–Trinajstić information content (AvgIpc) is 3.02. The zero-order chi connectivity index (χ0) is 14.2. The first-order valence-corrected chi connectivity index (χ1v) is 7.64. The Hall–Kier alpha value is -0.870. The zero-order valence-corrected chi connectivity index (χ0v) is 13.3. The van der Waals surface area contributed by atoms with Gasteiger partial charge in [0.15, 0.2) is 0 Å². The van der Waals surface area contributed by atoms with Crippen LogP contribution in [0.5, 0.6) is 0 Å². The van der Waals surface area contributed by atoms with Crippen LogP contribution < -0.4 is 5.32 Å². The molecule has 2 rings (SSSR count). The van der Waals surface area contributed by atoms with Crippen molar-refractivity contribution in [3.8, 4) is 0 Å². The standard InChI is InChI=1S/C15H24N2OS/c1-10-6-7-13(19-10)11-8-12(11)14(18)16-9-15(2,3)17(4)5/h6-7,11-12H,8-9H2,1-5H3,(H,16,18)/t11-,12-/m1/s1. The quantitative estimate of drug-likeness (QED) is 0.899. The predicted octanol–water partition coefficient (Wildman–Crippen LogP) is 2.62. The van der Waals surface area contributed by atoms with Crippen LogP contribution in [0.1, 0.15) is 35.9 Å². The van der Waals surface area contributed by atoms with Gasteiger partial charge >= 0.3 is 0 Å². The van der Waals surface area contributed by atoms with Gasteiger partial charge in [0.2, 0.25) is 5.91 Å². The summed E-state index contributed by atoms with van der Waals surface area (Å²) in [6.07, 6.45) is 1.01. The van der Waals surface area contributed by atoms with Gasteiger partial charge in [-0.25, -0.2) is 0 Å². The van der Waals surface area contributed by atoms with Crippen LogP contribution in [0.2, 0.25) is 0 Å². The SMILES string of the molecule is Cc1ccc([C@@H]2C[C@H]2C(=O)NCC(C)(C)N(C)C)s1. The number of amides is 1. The number of hydrogen-bond donors (Lipinski definition) is 1. The van der Waals surface area contributed by atoms with Crippen molar-refractivity contribution < 1.29 is 4.79 Å². The molecule has 0 radical (unpaired) electrons. The normalized spacial score (nSPS) is 22.6. The Labute approximate surface area is 120 Å². The highest BCUT2D eigenvalue weighted by atomic mass is 32.1. The Morgan fingerprint density at radius 2 is 2.16 bits per heavy atom. The highest BCUT2D eigenvalue weighted by Gasteiger charge is 2.44. The second-order valence-electron chi connectivity index (χ2n) is 6.32. The molecule has 1 saturated carbocycles. The summed E-state index contributed by atoms with van der Waals surface area (Å²) in [4.78, 5) is 17.0. The Kier molecular flexibility index (Phi) is 4.02. The fourth-order valence-corrected chi connectivity index (χ4v) is 3.10. The van der Waals surface area contributed by atoms with E-state index in [1.54, 1.807) is 0 Å². The number of carbonyl (C=O) groups is 1. The van der Waals surface area contributed by atoms with Crippen LogP contribution in [-0.4, -0.2) is 37.0 Å². The maximum atomic E-state index is 12.1. The number of likely N-dealkylation sites (N-methyl/N-ethyl adjacent to an activating group) is 1. The van der Waals surface area contributed by atoms with E-state index in [1.807, 2.05) is 25.4 Å². The third-order valence-electron chi connectivity index (χ3n) is 4.16. The smallest absolute Gasteiger partial charge is 0.223 e. The molecule has 1 aliphatic carbocycles. The van der Waals surface area contributed by atoms with Crippen molar-refractivity contribution >= 4 is 17.2 Å². The van der Waals surface area contributed by atoms with Gasteiger partial charge in [-0.1, -0.05) is 0 Å². The van der Waals surface area contributed by atoms with Crippen molar-refractivity contribution in [2.24, 2.45) is 5.92 Å². The minimum Gasteiger partial charge on any atom is -0.354 e. The first-order chi connectivity index (χ1) is 8.81. The molecule has 1 heterocycles. The third-order valence-corrected chi connectivity index (χ3v) is 5.29. The maximum absolute atomic E-state index is 12.1. The van der Waals surface area contributed by atoms with E-state index >= 15 is 0 Å². The molecule has 1 N–H and O–H groups in total. The van der Waals surface area contributed by atoms with Crippen LogP contribution in [0.3, 0.4) is 0 Å². The van der Waals surface area contributed by atoms with Crippen molar-refractivity contribution in [1.29, 1.82) is 0 Å². The van der Waals surface area contributed by atoms with Crippen molar-refractivity contribution in [3.63, 3.8) is 0 Å². The van der Waals surface area contributed by atoms with Gasteiger partial charge in [-0.3, -0.25) is 4.79 Å². The molecule has 0 unspecified atom stereocenters. The zero-order valence-electron chi connectivity index (χ0n) is 12.5. The highest BCUT2D eigenvalue weighted by molar-refractivity contribution is 7.12. The van der Waals surface area contributed by atoms with Gasteiger partial charge in [-0.15, -0.1) is 11.3 Å². The van der Waals surface area contributed by atoms with Crippen molar-refractivity contribution in [2.75, 3.05) is 20.6 Å². The average molecular weight is 280 g/mol. The molecule has 1 fully saturated rings. The molecular weight excluding hydrogens is 256 g/mol. The number of hydrogen-bond acceptors (Lipinski definition) is 3. The first kappa shape index (κ1) is 14.5. The molecule has 2 atom stereocenters. The number of nitrogens with zero attached hydrogens (tertiary/aromatic N) is 1. The Morgan fingerprint density at radius 1 is 1.47 bits per heavy atom. The van der Waals surface area contributed by atoms with Gasteiger partial charge < -0.3 is 10.2 Å². The summed E-state index contributed by atoms with van der Waals surface area (Å²) in [6.45, 7) is 7.09. The summed E-state index contributed by atoms with van der Waals surface area (Å²) in [5.74, 6) is 0.864. The van der Waals surface area contributed by atoms with Gasteiger partial charge in [0.1, 0.15) is 0 Å². The monoisotopic (exact) mass is 280 g/mol. The molecule has 0 saturated heterocycles. The maximum Gasteiger partial charge on any atom is 0.223 e. The van der Waals surface area contributed by atoms with E-state index in [0.29, 0.717) is 12.5 Å². The molecule has 1 aromatic rings. The van der Waals surface area contributed by atoms with E-state index in [0.717, 1.165) is 6.42 Å². The largest absolute Gasteiger partial charge is 0.354 e. The van der Waals surface area contributed by atoms with E-state index < -0.39 is 0 Å². The van der Waals surface area contributed by atoms with E-state index in [1.165, 1.54) is 9.75 Å². The second-order valence-corrected chi connectivity index (χ2v) is 7.64. The lowest BCUT2D eigenvalue weighted by Crippen LogP contribution is -2.48. The Balaban J connectivity index is 1.83. The van der Waals surface area contributed by atoms with Crippen molar-refractivity contribution in [3.05, 3.63) is 21.9 Å². The van der Waals surface area contributed by atoms with Gasteiger partial charge in [0, 0.05) is 33.7 Å². The predicted molar refractivity (Wildman–Crippen MR) is 80.7 cm³/mol. The van der Waals surface area contributed by atoms with Crippen molar-refractivity contribution in [1.82, 2.24) is 10.2 Å². The lowest BCUT2D eigenvalue weighted by molar-refractivity contribution is -0.122. The number of aryl methyl sites for hydroxylation is 1. The lowest BCUT2D eigenvalue weighted by atomic mass is 10.0. The number of nitrogens with one attached hydrogen (secondary N) is 1. The Morgan fingerprint density at radius 3 is 2.68 bits per heavy atom. The molecule has 19 heavy (non-hydrogen) atoms. The van der Waals surface area contributed by atoms with E-state index in [4.69, 9.17) is 0 Å². The van der Waals surface area contributed by atoms with Crippen molar-refractivity contribution in [2.45, 2.75) is 38.6 Å². The highest BCUT2D eigenvalue weighted by Crippen LogP contribution is 2.49. The molecule has 106 valence electrons. The van der Waals surface area contributed by atoms with E-state index in [9.17, 15) is 4.79 Å². The van der Waals surface area contributed by atoms with Crippen LogP contribution in [0.25, 0.3) is 0 Å². The van der Waals surface area contributed by atoms with Crippen LogP contribution in [0, 0.1) is 12.8 Å². The first-order valence-electron chi connectivity index (χ1n) is 6.83. The summed E-state index contributed by atoms with van der Waals surface area (Å²) in [7, 11) is 4.08. The second kappa shape index (κ2) is 5.25. The summed E-state index contributed by atoms with van der Waals surface area (Å²) in [6, 6.07) is 4.31. The molecule has 1 aromatic heterocycles. The van der Waals surface area contributed by atoms with E-state index in [-0.39, 0.29) is 17.4 Å². The molecule has 1 amide bonds. The summed E-state index contributed by atoms with van der Waals surface area (Å²) >= 11 is 1.82. The van der Waals surface area contributed by atoms with Crippen LogP contribution in [-0.2, 0) is 4.79 Å². The van der Waals surface area contributed by atoms with Crippen LogP contribution in [0.15, 0.2) is 12.1 Å².